The van der Waals surface area contributed by atoms with Crippen molar-refractivity contribution in [3.63, 3.8) is 0 Å². The highest BCUT2D eigenvalue weighted by atomic mass is 35.5. The first-order valence-corrected chi connectivity index (χ1v) is 14.2. The molecule has 6 nitrogen and oxygen atoms in total. The number of pyridine rings is 2. The van der Waals surface area contributed by atoms with Gasteiger partial charge in [0.25, 0.3) is 0 Å². The van der Waals surface area contributed by atoms with E-state index >= 15 is 0 Å². The van der Waals surface area contributed by atoms with Crippen molar-refractivity contribution in [2.24, 2.45) is 0 Å². The van der Waals surface area contributed by atoms with Crippen LogP contribution in [0.25, 0.3) is 6.08 Å². The first kappa shape index (κ1) is 28.8. The van der Waals surface area contributed by atoms with Crippen molar-refractivity contribution in [2.75, 3.05) is 35.2 Å². The minimum atomic E-state index is -0.412. The second-order valence-electron chi connectivity index (χ2n) is 8.52. The molecule has 0 aliphatic carbocycles. The number of nitrogens with zero attached hydrogens (tertiary/aromatic N) is 3. The van der Waals surface area contributed by atoms with E-state index in [4.69, 9.17) is 39.1 Å². The van der Waals surface area contributed by atoms with Gasteiger partial charge in [0.2, 0.25) is 0 Å². The number of aromatic nitrogens is 2. The van der Waals surface area contributed by atoms with Crippen molar-refractivity contribution in [3.05, 3.63) is 81.9 Å². The molecule has 2 aromatic heterocycles. The first-order chi connectivity index (χ1) is 17.8. The third-order valence-corrected chi connectivity index (χ3v) is 7.04. The summed E-state index contributed by atoms with van der Waals surface area (Å²) < 4.78 is 6.05. The second kappa shape index (κ2) is 14.3. The molecule has 1 aliphatic rings. The SMILES string of the molecule is CC(Oc1ccc(N)c(C(=N)/C=C/c2ccc(N3CCSCC3)cn2)c1)c1c(Cl)cncc1Cl.CCC. The van der Waals surface area contributed by atoms with Gasteiger partial charge in [0, 0.05) is 53.8 Å². The Morgan fingerprint density at radius 2 is 1.81 bits per heavy atom. The van der Waals surface area contributed by atoms with E-state index in [2.05, 4.69) is 34.8 Å². The Morgan fingerprint density at radius 1 is 1.14 bits per heavy atom. The van der Waals surface area contributed by atoms with Crippen LogP contribution in [0.5, 0.6) is 5.75 Å². The minimum absolute atomic E-state index is 0.259. The van der Waals surface area contributed by atoms with Crippen LogP contribution in [-0.4, -0.2) is 40.3 Å². The number of nitrogen functional groups attached to an aromatic ring is 1. The van der Waals surface area contributed by atoms with Gasteiger partial charge in [0.1, 0.15) is 11.9 Å². The van der Waals surface area contributed by atoms with Crippen LogP contribution in [0, 0.1) is 5.41 Å². The predicted octanol–water partition coefficient (Wildman–Crippen LogP) is 7.56. The fraction of sp³-hybridized carbons (Fsp3) is 0.321. The molecule has 0 radical (unpaired) electrons. The number of hydrogen-bond acceptors (Lipinski definition) is 7. The van der Waals surface area contributed by atoms with Gasteiger partial charge >= 0.3 is 0 Å². The van der Waals surface area contributed by atoms with Gasteiger partial charge in [-0.2, -0.15) is 11.8 Å². The molecule has 3 aromatic rings. The van der Waals surface area contributed by atoms with Crippen LogP contribution >= 0.6 is 35.0 Å². The lowest BCUT2D eigenvalue weighted by Gasteiger charge is -2.28. The maximum atomic E-state index is 8.52. The number of benzene rings is 1. The first-order valence-electron chi connectivity index (χ1n) is 12.2. The molecule has 0 spiro atoms. The van der Waals surface area contributed by atoms with Crippen molar-refractivity contribution in [3.8, 4) is 5.75 Å². The Bertz CT molecular complexity index is 1190. The number of allylic oxidation sites excluding steroid dienone is 1. The lowest BCUT2D eigenvalue weighted by atomic mass is 10.1. The molecule has 1 saturated heterocycles. The van der Waals surface area contributed by atoms with E-state index in [1.807, 2.05) is 37.0 Å². The molecule has 1 aromatic carbocycles. The number of ether oxygens (including phenoxy) is 1. The molecule has 1 fully saturated rings. The summed E-state index contributed by atoms with van der Waals surface area (Å²) in [5.74, 6) is 2.84. The van der Waals surface area contributed by atoms with Gasteiger partial charge in [-0.15, -0.1) is 0 Å². The average Bonchev–Trinajstić information content (AvgIpc) is 2.89. The van der Waals surface area contributed by atoms with Crippen LogP contribution in [0.4, 0.5) is 11.4 Å². The fourth-order valence-electron chi connectivity index (χ4n) is 3.68. The third-order valence-electron chi connectivity index (χ3n) is 5.49. The average molecular weight is 559 g/mol. The van der Waals surface area contributed by atoms with Crippen LogP contribution in [0.15, 0.2) is 55.0 Å². The maximum absolute atomic E-state index is 8.52. The van der Waals surface area contributed by atoms with Crippen LogP contribution in [-0.2, 0) is 0 Å². The van der Waals surface area contributed by atoms with Gasteiger partial charge in [-0.3, -0.25) is 9.97 Å². The zero-order valence-electron chi connectivity index (χ0n) is 21.4. The van der Waals surface area contributed by atoms with E-state index < -0.39 is 6.10 Å². The highest BCUT2D eigenvalue weighted by molar-refractivity contribution is 7.99. The highest BCUT2D eigenvalue weighted by Crippen LogP contribution is 2.33. The van der Waals surface area contributed by atoms with Gasteiger partial charge in [-0.25, -0.2) is 0 Å². The Labute approximate surface area is 233 Å². The Kier molecular flexibility index (Phi) is 11.1. The molecule has 1 unspecified atom stereocenters. The predicted molar refractivity (Wildman–Crippen MR) is 160 cm³/mol. The van der Waals surface area contributed by atoms with E-state index in [1.54, 1.807) is 24.3 Å². The summed E-state index contributed by atoms with van der Waals surface area (Å²) in [5.41, 5.74) is 10.0. The molecular formula is C28H33Cl2N5OS. The molecule has 196 valence electrons. The molecule has 4 rings (SSSR count). The topological polar surface area (TPSA) is 88.1 Å². The van der Waals surface area contributed by atoms with Gasteiger partial charge in [-0.1, -0.05) is 43.5 Å². The molecule has 0 amide bonds. The van der Waals surface area contributed by atoms with E-state index in [0.717, 1.165) is 36.0 Å². The van der Waals surface area contributed by atoms with E-state index in [1.165, 1.54) is 18.8 Å². The van der Waals surface area contributed by atoms with Gasteiger partial charge in [0.15, 0.2) is 0 Å². The largest absolute Gasteiger partial charge is 0.486 e. The number of thioether (sulfide) groups is 1. The Hall–Kier alpha value is -2.74. The number of hydrogen-bond donors (Lipinski definition) is 2. The van der Waals surface area contributed by atoms with Crippen molar-refractivity contribution in [1.29, 1.82) is 5.41 Å². The van der Waals surface area contributed by atoms with E-state index in [-0.39, 0.29) is 5.71 Å². The molecule has 3 heterocycles. The lowest BCUT2D eigenvalue weighted by Crippen LogP contribution is -2.32. The zero-order chi connectivity index (χ0) is 26.8. The lowest BCUT2D eigenvalue weighted by molar-refractivity contribution is 0.227. The summed E-state index contributed by atoms with van der Waals surface area (Å²) in [7, 11) is 0. The van der Waals surface area contributed by atoms with Gasteiger partial charge < -0.3 is 20.8 Å². The van der Waals surface area contributed by atoms with Crippen LogP contribution in [0.2, 0.25) is 10.0 Å². The third kappa shape index (κ3) is 8.12. The molecule has 37 heavy (non-hydrogen) atoms. The number of anilines is 2. The quantitative estimate of drug-likeness (QED) is 0.230. The van der Waals surface area contributed by atoms with Crippen molar-refractivity contribution in [2.45, 2.75) is 33.3 Å². The number of halogens is 2. The van der Waals surface area contributed by atoms with Crippen molar-refractivity contribution < 1.29 is 4.74 Å². The van der Waals surface area contributed by atoms with Crippen molar-refractivity contribution >= 4 is 58.1 Å². The molecule has 9 heteroatoms. The molecule has 0 saturated carbocycles. The van der Waals surface area contributed by atoms with E-state index in [9.17, 15) is 0 Å². The van der Waals surface area contributed by atoms with Crippen LogP contribution < -0.4 is 15.4 Å². The molecule has 1 atom stereocenters. The van der Waals surface area contributed by atoms with Crippen LogP contribution in [0.1, 0.15) is 50.1 Å². The Balaban J connectivity index is 0.00000121. The summed E-state index contributed by atoms with van der Waals surface area (Å²) in [6.07, 6.45) is 9.29. The smallest absolute Gasteiger partial charge is 0.124 e. The zero-order valence-corrected chi connectivity index (χ0v) is 23.7. The normalized spacial score (nSPS) is 14.1. The highest BCUT2D eigenvalue weighted by Gasteiger charge is 2.17. The summed E-state index contributed by atoms with van der Waals surface area (Å²) in [5, 5.41) is 9.39. The minimum Gasteiger partial charge on any atom is -0.486 e. The molecule has 1 aliphatic heterocycles. The number of nitrogens with one attached hydrogen (secondary N) is 1. The summed E-state index contributed by atoms with van der Waals surface area (Å²) in [6, 6.07) is 9.26. The standard InChI is InChI=1S/C25H25Cl2N5OS.C3H8/c1-16(25-21(26)14-30-15-22(25)27)33-19-5-7-24(29)20(12-19)23(28)6-3-17-2-4-18(13-31-17)32-8-10-34-11-9-32;1-3-2/h2-7,12-16,28H,8-11,29H2,1H3;3H2,1-2H3/b6-3+,28-23?;. The van der Waals surface area contributed by atoms with Gasteiger partial charge in [-0.05, 0) is 49.4 Å². The summed E-state index contributed by atoms with van der Waals surface area (Å²) in [4.78, 5) is 10.9. The van der Waals surface area contributed by atoms with E-state index in [0.29, 0.717) is 32.6 Å². The maximum Gasteiger partial charge on any atom is 0.124 e. The van der Waals surface area contributed by atoms with Crippen LogP contribution in [0.3, 0.4) is 0 Å². The number of nitrogens with two attached hydrogens (primary N) is 1. The molecule has 0 bridgehead atoms. The fourth-order valence-corrected chi connectivity index (χ4v) is 5.25. The van der Waals surface area contributed by atoms with Gasteiger partial charge in [0.05, 0.1) is 33.3 Å². The Morgan fingerprint density at radius 3 is 2.43 bits per heavy atom. The summed E-state index contributed by atoms with van der Waals surface area (Å²) >= 11 is 14.5. The van der Waals surface area contributed by atoms with Crippen molar-refractivity contribution in [1.82, 2.24) is 9.97 Å². The summed E-state index contributed by atoms with van der Waals surface area (Å²) in [6.45, 7) is 8.19. The second-order valence-corrected chi connectivity index (χ2v) is 10.6. The number of rotatable bonds is 7. The monoisotopic (exact) mass is 557 g/mol. The molecular weight excluding hydrogens is 525 g/mol. The molecule has 3 N–H and O–H groups in total.